The average molecular weight is 318 g/mol. The van der Waals surface area contributed by atoms with Crippen molar-refractivity contribution in [2.75, 3.05) is 33.1 Å². The molecule has 0 radical (unpaired) electrons. The fourth-order valence-electron chi connectivity index (χ4n) is 1.66. The second-order valence-corrected chi connectivity index (χ2v) is 5.93. The molecule has 1 aromatic carbocycles. The average Bonchev–Trinajstić information content (AvgIpc) is 2.38. The summed E-state index contributed by atoms with van der Waals surface area (Å²) in [5.41, 5.74) is 1.09. The molecule has 4 nitrogen and oxygen atoms in total. The summed E-state index contributed by atoms with van der Waals surface area (Å²) in [6, 6.07) is 7.60. The van der Waals surface area contributed by atoms with Crippen molar-refractivity contribution in [3.8, 4) is 0 Å². The van der Waals surface area contributed by atoms with E-state index in [1.54, 1.807) is 7.05 Å². The molecule has 1 atom stereocenters. The van der Waals surface area contributed by atoms with Gasteiger partial charge in [-0.2, -0.15) is 0 Å². The number of thioether (sulfide) groups is 1. The third kappa shape index (κ3) is 6.61. The highest BCUT2D eigenvalue weighted by molar-refractivity contribution is 7.99. The second-order valence-electron chi connectivity index (χ2n) is 4.51. The maximum atomic E-state index is 11.9. The first kappa shape index (κ1) is 17.3. The Balaban J connectivity index is 2.28. The fourth-order valence-corrected chi connectivity index (χ4v) is 2.78. The van der Waals surface area contributed by atoms with Gasteiger partial charge in [-0.05, 0) is 17.7 Å². The maximum Gasteiger partial charge on any atom is 0.232 e. The van der Waals surface area contributed by atoms with E-state index in [1.807, 2.05) is 24.3 Å². The predicted octanol–water partition coefficient (Wildman–Crippen LogP) is 2.04. The number of ether oxygens (including phenoxy) is 1. The number of benzene rings is 1. The smallest absolute Gasteiger partial charge is 0.232 e. The van der Waals surface area contributed by atoms with E-state index in [-0.39, 0.29) is 19.1 Å². The minimum absolute atomic E-state index is 0.00724. The molecule has 0 fully saturated rings. The number of rotatable bonds is 8. The summed E-state index contributed by atoms with van der Waals surface area (Å²) in [6.07, 6.45) is -0.646. The molecule has 1 rings (SSSR count). The Labute approximate surface area is 129 Å². The normalized spacial score (nSPS) is 12.2. The molecular formula is C14H20ClNO3S. The molecule has 1 unspecified atom stereocenters. The molecule has 0 saturated carbocycles. The number of nitrogens with zero attached hydrogens (tertiary/aromatic N) is 1. The van der Waals surface area contributed by atoms with Crippen molar-refractivity contribution >= 4 is 29.3 Å². The number of aliphatic hydroxyl groups excluding tert-OH is 1. The van der Waals surface area contributed by atoms with Crippen LogP contribution in [0.5, 0.6) is 0 Å². The predicted molar refractivity (Wildman–Crippen MR) is 83.1 cm³/mol. The number of hydrogen-bond acceptors (Lipinski definition) is 4. The molecule has 0 heterocycles. The number of hydrogen-bond donors (Lipinski definition) is 1. The van der Waals surface area contributed by atoms with E-state index >= 15 is 0 Å². The monoisotopic (exact) mass is 317 g/mol. The zero-order valence-corrected chi connectivity index (χ0v) is 13.3. The van der Waals surface area contributed by atoms with Gasteiger partial charge >= 0.3 is 0 Å². The molecule has 0 aromatic heterocycles. The van der Waals surface area contributed by atoms with Crippen molar-refractivity contribution in [2.45, 2.75) is 11.9 Å². The van der Waals surface area contributed by atoms with E-state index in [9.17, 15) is 9.90 Å². The van der Waals surface area contributed by atoms with Gasteiger partial charge in [0.1, 0.15) is 0 Å². The number of aliphatic hydroxyl groups is 1. The van der Waals surface area contributed by atoms with Gasteiger partial charge in [-0.3, -0.25) is 4.79 Å². The van der Waals surface area contributed by atoms with Crippen LogP contribution in [0, 0.1) is 0 Å². The lowest BCUT2D eigenvalue weighted by Gasteiger charge is -2.20. The summed E-state index contributed by atoms with van der Waals surface area (Å²) in [6.45, 7) is 0.512. The summed E-state index contributed by atoms with van der Waals surface area (Å²) >= 11 is 7.43. The number of likely N-dealkylation sites (N-methyl/N-ethyl adjacent to an activating group) is 1. The van der Waals surface area contributed by atoms with Gasteiger partial charge < -0.3 is 14.7 Å². The number of halogens is 1. The highest BCUT2D eigenvalue weighted by Gasteiger charge is 2.13. The minimum atomic E-state index is -0.646. The van der Waals surface area contributed by atoms with Crippen molar-refractivity contribution in [2.24, 2.45) is 0 Å². The molecule has 0 bridgehead atoms. The molecule has 1 amide bonds. The van der Waals surface area contributed by atoms with Crippen LogP contribution < -0.4 is 0 Å². The van der Waals surface area contributed by atoms with Crippen LogP contribution in [0.25, 0.3) is 0 Å². The highest BCUT2D eigenvalue weighted by atomic mass is 35.5. The summed E-state index contributed by atoms with van der Waals surface area (Å²) in [4.78, 5) is 13.4. The van der Waals surface area contributed by atoms with Gasteiger partial charge in [-0.25, -0.2) is 0 Å². The van der Waals surface area contributed by atoms with Crippen molar-refractivity contribution in [3.05, 3.63) is 34.9 Å². The summed E-state index contributed by atoms with van der Waals surface area (Å²) in [5.74, 6) is 1.11. The molecule has 0 spiro atoms. The number of methoxy groups -OCH3 is 1. The van der Waals surface area contributed by atoms with Crippen LogP contribution in [0.2, 0.25) is 5.02 Å². The molecule has 1 N–H and O–H groups in total. The van der Waals surface area contributed by atoms with Crippen LogP contribution in [0.1, 0.15) is 5.56 Å². The topological polar surface area (TPSA) is 49.8 Å². The van der Waals surface area contributed by atoms with Crippen LogP contribution in [0.4, 0.5) is 0 Å². The third-order valence-electron chi connectivity index (χ3n) is 2.65. The van der Waals surface area contributed by atoms with E-state index in [0.29, 0.717) is 10.8 Å². The molecule has 0 aliphatic heterocycles. The zero-order chi connectivity index (χ0) is 15.0. The van der Waals surface area contributed by atoms with E-state index in [1.165, 1.54) is 23.8 Å². The van der Waals surface area contributed by atoms with Crippen molar-refractivity contribution in [3.63, 3.8) is 0 Å². The number of carbonyl (C=O) groups is 1. The van der Waals surface area contributed by atoms with Crippen LogP contribution in [0.3, 0.4) is 0 Å². The second kappa shape index (κ2) is 9.23. The van der Waals surface area contributed by atoms with Gasteiger partial charge in [0.05, 0.1) is 18.5 Å². The zero-order valence-electron chi connectivity index (χ0n) is 11.7. The molecule has 112 valence electrons. The number of carbonyl (C=O) groups excluding carboxylic acids is 1. The van der Waals surface area contributed by atoms with Crippen LogP contribution in [-0.4, -0.2) is 55.1 Å². The van der Waals surface area contributed by atoms with Crippen molar-refractivity contribution in [1.29, 1.82) is 0 Å². The van der Waals surface area contributed by atoms with Crippen molar-refractivity contribution in [1.82, 2.24) is 4.90 Å². The molecule has 0 saturated heterocycles. The van der Waals surface area contributed by atoms with Gasteiger partial charge in [-0.1, -0.05) is 23.7 Å². The lowest BCUT2D eigenvalue weighted by Crippen LogP contribution is -2.37. The van der Waals surface area contributed by atoms with Gasteiger partial charge in [0.2, 0.25) is 5.91 Å². The first-order valence-corrected chi connectivity index (χ1v) is 7.79. The van der Waals surface area contributed by atoms with Crippen LogP contribution in [-0.2, 0) is 15.3 Å². The SMILES string of the molecule is COCC(O)CN(C)C(=O)CSCc1cccc(Cl)c1. The quantitative estimate of drug-likeness (QED) is 0.797. The van der Waals surface area contributed by atoms with Gasteiger partial charge in [0.25, 0.3) is 0 Å². The van der Waals surface area contributed by atoms with Crippen LogP contribution in [0.15, 0.2) is 24.3 Å². The summed E-state index contributed by atoms with van der Waals surface area (Å²) < 4.78 is 4.83. The lowest BCUT2D eigenvalue weighted by molar-refractivity contribution is -0.128. The highest BCUT2D eigenvalue weighted by Crippen LogP contribution is 2.16. The molecule has 0 aliphatic carbocycles. The molecule has 0 aliphatic rings. The third-order valence-corrected chi connectivity index (χ3v) is 3.88. The Morgan fingerprint density at radius 3 is 2.95 bits per heavy atom. The summed E-state index contributed by atoms with van der Waals surface area (Å²) in [5, 5.41) is 10.3. The van der Waals surface area contributed by atoms with Gasteiger partial charge in [0.15, 0.2) is 0 Å². The largest absolute Gasteiger partial charge is 0.389 e. The van der Waals surface area contributed by atoms with E-state index in [0.717, 1.165) is 11.3 Å². The van der Waals surface area contributed by atoms with Crippen LogP contribution >= 0.6 is 23.4 Å². The molecule has 6 heteroatoms. The van der Waals surface area contributed by atoms with Gasteiger partial charge in [-0.15, -0.1) is 11.8 Å². The standard InChI is InChI=1S/C14H20ClNO3S/c1-16(7-13(17)8-19-2)14(18)10-20-9-11-4-3-5-12(15)6-11/h3-6,13,17H,7-10H2,1-2H3. The minimum Gasteiger partial charge on any atom is -0.389 e. The lowest BCUT2D eigenvalue weighted by atomic mass is 10.2. The molecular weight excluding hydrogens is 298 g/mol. The molecule has 20 heavy (non-hydrogen) atoms. The number of amides is 1. The fraction of sp³-hybridized carbons (Fsp3) is 0.500. The summed E-state index contributed by atoms with van der Waals surface area (Å²) in [7, 11) is 3.20. The molecule has 1 aromatic rings. The van der Waals surface area contributed by atoms with E-state index in [2.05, 4.69) is 0 Å². The first-order valence-electron chi connectivity index (χ1n) is 6.26. The van der Waals surface area contributed by atoms with Crippen molar-refractivity contribution < 1.29 is 14.6 Å². The van der Waals surface area contributed by atoms with E-state index in [4.69, 9.17) is 16.3 Å². The first-order chi connectivity index (χ1) is 9.52. The Morgan fingerprint density at radius 1 is 1.55 bits per heavy atom. The Hall–Kier alpha value is -0.750. The van der Waals surface area contributed by atoms with Gasteiger partial charge in [0, 0.05) is 31.5 Å². The Morgan fingerprint density at radius 2 is 2.30 bits per heavy atom. The Bertz CT molecular complexity index is 431. The van der Waals surface area contributed by atoms with E-state index < -0.39 is 6.10 Å². The maximum absolute atomic E-state index is 11.9. The Kier molecular flexibility index (Phi) is 7.99.